The third kappa shape index (κ3) is 3.94. The molecule has 0 unspecified atom stereocenters. The van der Waals surface area contributed by atoms with Crippen LogP contribution in [0.1, 0.15) is 0 Å². The number of carbonyl (C=O) groups excluding carboxylic acids is 1. The first-order chi connectivity index (χ1) is 7.39. The minimum atomic E-state index is -4.84. The maximum Gasteiger partial charge on any atom is 0.454 e. The summed E-state index contributed by atoms with van der Waals surface area (Å²) in [6.07, 6.45) is -3.48. The standard InChI is InChI=1S/C10H7ClF3NO/c11-7-1-3-8(4-2-7)15-6-5-9(16)10(12,13)14/h1-6,15H. The summed E-state index contributed by atoms with van der Waals surface area (Å²) in [5.74, 6) is -1.91. The van der Waals surface area contributed by atoms with Gasteiger partial charge in [0.15, 0.2) is 0 Å². The Morgan fingerprint density at radius 3 is 2.31 bits per heavy atom. The molecule has 0 aliphatic heterocycles. The molecule has 1 rings (SSSR count). The van der Waals surface area contributed by atoms with Crippen molar-refractivity contribution >= 4 is 23.1 Å². The number of hydrogen-bond donors (Lipinski definition) is 1. The van der Waals surface area contributed by atoms with Crippen molar-refractivity contribution in [1.82, 2.24) is 0 Å². The molecule has 1 N–H and O–H groups in total. The predicted molar refractivity (Wildman–Crippen MR) is 55.3 cm³/mol. The maximum absolute atomic E-state index is 11.8. The van der Waals surface area contributed by atoms with E-state index in [2.05, 4.69) is 5.32 Å². The average molecular weight is 250 g/mol. The zero-order valence-electron chi connectivity index (χ0n) is 7.88. The first-order valence-corrected chi connectivity index (χ1v) is 4.57. The van der Waals surface area contributed by atoms with Crippen LogP contribution in [-0.4, -0.2) is 12.0 Å². The van der Waals surface area contributed by atoms with Crippen molar-refractivity contribution in [3.8, 4) is 0 Å². The molecule has 0 radical (unpaired) electrons. The van der Waals surface area contributed by atoms with Gasteiger partial charge in [0.05, 0.1) is 0 Å². The Kier molecular flexibility index (Phi) is 3.95. The van der Waals surface area contributed by atoms with E-state index in [9.17, 15) is 18.0 Å². The third-order valence-corrected chi connectivity index (χ3v) is 1.86. The SMILES string of the molecule is O=C(C=CNc1ccc(Cl)cc1)C(F)(F)F. The highest BCUT2D eigenvalue weighted by atomic mass is 35.5. The number of carbonyl (C=O) groups is 1. The number of hydrogen-bond acceptors (Lipinski definition) is 2. The average Bonchev–Trinajstić information content (AvgIpc) is 2.19. The second kappa shape index (κ2) is 5.03. The number of nitrogens with one attached hydrogen (secondary N) is 1. The van der Waals surface area contributed by atoms with Gasteiger partial charge in [-0.25, -0.2) is 0 Å². The summed E-state index contributed by atoms with van der Waals surface area (Å²) in [5, 5.41) is 3.03. The Labute approximate surface area is 94.7 Å². The molecule has 0 saturated carbocycles. The van der Waals surface area contributed by atoms with E-state index in [1.54, 1.807) is 24.3 Å². The number of ketones is 1. The molecule has 6 heteroatoms. The van der Waals surface area contributed by atoms with Gasteiger partial charge in [-0.15, -0.1) is 0 Å². The number of halogens is 4. The summed E-state index contributed by atoms with van der Waals surface area (Å²) in [6, 6.07) is 6.29. The summed E-state index contributed by atoms with van der Waals surface area (Å²) >= 11 is 5.61. The van der Waals surface area contributed by atoms with Crippen molar-refractivity contribution in [2.45, 2.75) is 6.18 Å². The van der Waals surface area contributed by atoms with Crippen LogP contribution in [0.25, 0.3) is 0 Å². The Morgan fingerprint density at radius 1 is 1.25 bits per heavy atom. The van der Waals surface area contributed by atoms with Crippen molar-refractivity contribution < 1.29 is 18.0 Å². The molecule has 0 heterocycles. The fourth-order valence-corrected chi connectivity index (χ4v) is 0.980. The largest absolute Gasteiger partial charge is 0.454 e. The molecule has 0 aliphatic rings. The second-order valence-electron chi connectivity index (χ2n) is 2.85. The van der Waals surface area contributed by atoms with Gasteiger partial charge in [0.25, 0.3) is 5.78 Å². The van der Waals surface area contributed by atoms with E-state index < -0.39 is 12.0 Å². The van der Waals surface area contributed by atoms with Gasteiger partial charge < -0.3 is 5.32 Å². The molecule has 1 aromatic carbocycles. The first kappa shape index (κ1) is 12.6. The predicted octanol–water partition coefficient (Wildman–Crippen LogP) is 3.40. The Morgan fingerprint density at radius 2 is 1.81 bits per heavy atom. The van der Waals surface area contributed by atoms with Crippen molar-refractivity contribution in [3.63, 3.8) is 0 Å². The molecule has 2 nitrogen and oxygen atoms in total. The molecule has 0 bridgehead atoms. The smallest absolute Gasteiger partial charge is 0.362 e. The molecule has 1 aromatic rings. The highest BCUT2D eigenvalue weighted by Gasteiger charge is 2.35. The van der Waals surface area contributed by atoms with E-state index in [1.807, 2.05) is 0 Å². The lowest BCUT2D eigenvalue weighted by Gasteiger charge is -2.01. The number of anilines is 1. The third-order valence-electron chi connectivity index (χ3n) is 1.61. The Balaban J connectivity index is 2.55. The van der Waals surface area contributed by atoms with E-state index in [-0.39, 0.29) is 0 Å². The van der Waals surface area contributed by atoms with Gasteiger partial charge in [-0.05, 0) is 24.3 Å². The number of benzene rings is 1. The van der Waals surface area contributed by atoms with Crippen LogP contribution in [0.15, 0.2) is 36.5 Å². The van der Waals surface area contributed by atoms with Gasteiger partial charge in [-0.2, -0.15) is 13.2 Å². The van der Waals surface area contributed by atoms with Crippen LogP contribution in [0, 0.1) is 0 Å². The molecule has 0 atom stereocenters. The molecule has 0 aliphatic carbocycles. The summed E-state index contributed by atoms with van der Waals surface area (Å²) < 4.78 is 35.3. The zero-order valence-corrected chi connectivity index (χ0v) is 8.64. The zero-order chi connectivity index (χ0) is 12.2. The lowest BCUT2D eigenvalue weighted by atomic mass is 10.3. The normalized spacial score (nSPS) is 11.8. The Hall–Kier alpha value is -1.49. The van der Waals surface area contributed by atoms with Crippen LogP contribution < -0.4 is 5.32 Å². The van der Waals surface area contributed by atoms with E-state index in [4.69, 9.17) is 11.6 Å². The van der Waals surface area contributed by atoms with E-state index in [1.165, 1.54) is 0 Å². The van der Waals surface area contributed by atoms with E-state index in [0.717, 1.165) is 6.20 Å². The van der Waals surface area contributed by atoms with E-state index in [0.29, 0.717) is 16.8 Å². The molecule has 86 valence electrons. The highest BCUT2D eigenvalue weighted by Crippen LogP contribution is 2.17. The molecule has 0 aromatic heterocycles. The minimum absolute atomic E-state index is 0.425. The lowest BCUT2D eigenvalue weighted by molar-refractivity contribution is -0.165. The Bertz CT molecular complexity index is 398. The van der Waals surface area contributed by atoms with Gasteiger partial charge >= 0.3 is 6.18 Å². The van der Waals surface area contributed by atoms with Gasteiger partial charge in [-0.3, -0.25) is 4.79 Å². The number of alkyl halides is 3. The van der Waals surface area contributed by atoms with Crippen molar-refractivity contribution in [2.24, 2.45) is 0 Å². The van der Waals surface area contributed by atoms with E-state index >= 15 is 0 Å². The van der Waals surface area contributed by atoms with Crippen molar-refractivity contribution in [3.05, 3.63) is 41.6 Å². The van der Waals surface area contributed by atoms with Crippen LogP contribution in [-0.2, 0) is 4.79 Å². The molecule has 0 saturated heterocycles. The van der Waals surface area contributed by atoms with Crippen LogP contribution >= 0.6 is 11.6 Å². The van der Waals surface area contributed by atoms with Gasteiger partial charge in [-0.1, -0.05) is 11.6 Å². The van der Waals surface area contributed by atoms with Crippen LogP contribution in [0.2, 0.25) is 5.02 Å². The van der Waals surface area contributed by atoms with Crippen LogP contribution in [0.3, 0.4) is 0 Å². The van der Waals surface area contributed by atoms with Gasteiger partial charge in [0, 0.05) is 23.0 Å². The molecule has 0 amide bonds. The topological polar surface area (TPSA) is 29.1 Å². The van der Waals surface area contributed by atoms with Crippen molar-refractivity contribution in [1.29, 1.82) is 0 Å². The molecular formula is C10H7ClF3NO. The molecule has 16 heavy (non-hydrogen) atoms. The number of rotatable bonds is 3. The quantitative estimate of drug-likeness (QED) is 0.832. The van der Waals surface area contributed by atoms with Gasteiger partial charge in [0.1, 0.15) is 0 Å². The van der Waals surface area contributed by atoms with Crippen molar-refractivity contribution in [2.75, 3.05) is 5.32 Å². The monoisotopic (exact) mass is 249 g/mol. The summed E-state index contributed by atoms with van der Waals surface area (Å²) in [6.45, 7) is 0. The maximum atomic E-state index is 11.8. The molecule has 0 spiro atoms. The summed E-state index contributed by atoms with van der Waals surface area (Å²) in [4.78, 5) is 10.4. The molecular weight excluding hydrogens is 243 g/mol. The van der Waals surface area contributed by atoms with Crippen LogP contribution in [0.5, 0.6) is 0 Å². The summed E-state index contributed by atoms with van der Waals surface area (Å²) in [5.41, 5.74) is 0.538. The first-order valence-electron chi connectivity index (χ1n) is 4.19. The second-order valence-corrected chi connectivity index (χ2v) is 3.28. The summed E-state index contributed by atoms with van der Waals surface area (Å²) in [7, 11) is 0. The minimum Gasteiger partial charge on any atom is -0.362 e. The van der Waals surface area contributed by atoms with Gasteiger partial charge in [0.2, 0.25) is 0 Å². The fourth-order valence-electron chi connectivity index (χ4n) is 0.854. The fraction of sp³-hybridized carbons (Fsp3) is 0.100. The number of allylic oxidation sites excluding steroid dienone is 1. The lowest BCUT2D eigenvalue weighted by Crippen LogP contribution is -2.20. The molecule has 0 fully saturated rings. The highest BCUT2D eigenvalue weighted by molar-refractivity contribution is 6.30. The van der Waals surface area contributed by atoms with Crippen LogP contribution in [0.4, 0.5) is 18.9 Å².